The fourth-order valence-corrected chi connectivity index (χ4v) is 1.35. The van der Waals surface area contributed by atoms with E-state index in [-0.39, 0.29) is 5.69 Å². The van der Waals surface area contributed by atoms with Gasteiger partial charge in [0, 0.05) is 12.4 Å². The van der Waals surface area contributed by atoms with Crippen LogP contribution in [0.25, 0.3) is 0 Å². The Hall–Kier alpha value is -1.89. The molecule has 1 aliphatic heterocycles. The van der Waals surface area contributed by atoms with Crippen molar-refractivity contribution >= 4 is 11.4 Å². The molecule has 0 aliphatic carbocycles. The monoisotopic (exact) mass is 230 g/mol. The minimum atomic E-state index is -4.38. The molecule has 1 aliphatic rings. The van der Waals surface area contributed by atoms with Gasteiger partial charge in [-0.25, -0.2) is 0 Å². The molecule has 4 nitrogen and oxygen atoms in total. The molecule has 0 atom stereocenters. The second-order valence-electron chi connectivity index (χ2n) is 3.21. The Labute approximate surface area is 89.5 Å². The maximum Gasteiger partial charge on any atom is 0.416 e. The first-order chi connectivity index (χ1) is 7.48. The van der Waals surface area contributed by atoms with Crippen molar-refractivity contribution in [1.29, 1.82) is 0 Å². The smallest absolute Gasteiger partial charge is 0.397 e. The van der Waals surface area contributed by atoms with E-state index in [0.717, 1.165) is 12.1 Å². The number of halogens is 3. The number of nitrogens with one attached hydrogen (secondary N) is 2. The van der Waals surface area contributed by atoms with E-state index in [1.165, 1.54) is 11.1 Å². The first-order valence-corrected chi connectivity index (χ1v) is 4.42. The molecule has 0 bridgehead atoms. The predicted octanol–water partition coefficient (Wildman–Crippen LogP) is 1.59. The molecule has 0 unspecified atom stereocenters. The van der Waals surface area contributed by atoms with Crippen LogP contribution in [0.1, 0.15) is 5.56 Å². The molecule has 0 aromatic heterocycles. The van der Waals surface area contributed by atoms with Crippen molar-refractivity contribution in [3.63, 3.8) is 0 Å². The van der Waals surface area contributed by atoms with E-state index in [0.29, 0.717) is 5.69 Å². The molecule has 0 saturated heterocycles. The van der Waals surface area contributed by atoms with Crippen LogP contribution in [0.5, 0.6) is 0 Å². The highest BCUT2D eigenvalue weighted by Gasteiger charge is 2.31. The fourth-order valence-electron chi connectivity index (χ4n) is 1.35. The average molecular weight is 230 g/mol. The van der Waals surface area contributed by atoms with E-state index >= 15 is 0 Å². The quantitative estimate of drug-likeness (QED) is 0.641. The Morgan fingerprint density at radius 1 is 1.25 bits per heavy atom. The summed E-state index contributed by atoms with van der Waals surface area (Å²) in [6, 6.07) is 3.20. The summed E-state index contributed by atoms with van der Waals surface area (Å²) >= 11 is 0. The molecular weight excluding hydrogens is 221 g/mol. The van der Waals surface area contributed by atoms with Crippen LogP contribution in [0.4, 0.5) is 24.5 Å². The summed E-state index contributed by atoms with van der Waals surface area (Å²) in [6.07, 6.45) is -1.17. The van der Waals surface area contributed by atoms with E-state index in [1.807, 2.05) is 0 Å². The Kier molecular flexibility index (Phi) is 2.39. The van der Waals surface area contributed by atoms with Gasteiger partial charge in [0.1, 0.15) is 0 Å². The first-order valence-electron chi connectivity index (χ1n) is 4.42. The normalized spacial score (nSPS) is 15.3. The molecule has 86 valence electrons. The Balaban J connectivity index is 2.33. The molecule has 16 heavy (non-hydrogen) atoms. The van der Waals surface area contributed by atoms with Gasteiger partial charge >= 0.3 is 6.18 Å². The summed E-state index contributed by atoms with van der Waals surface area (Å²) in [5.41, 5.74) is 10.6. The Bertz CT molecular complexity index is 427. The van der Waals surface area contributed by atoms with Crippen molar-refractivity contribution in [3.8, 4) is 0 Å². The SMILES string of the molecule is Nc1cc(C(F)(F)F)ccc1N1C=CNN1. The predicted molar refractivity (Wildman–Crippen MR) is 53.7 cm³/mol. The number of hydrogen-bond acceptors (Lipinski definition) is 4. The van der Waals surface area contributed by atoms with Crippen LogP contribution in [-0.4, -0.2) is 0 Å². The molecule has 0 spiro atoms. The van der Waals surface area contributed by atoms with E-state index in [4.69, 9.17) is 5.73 Å². The number of nitrogens with zero attached hydrogens (tertiary/aromatic N) is 1. The lowest BCUT2D eigenvalue weighted by Crippen LogP contribution is -2.35. The molecule has 0 saturated carbocycles. The van der Waals surface area contributed by atoms with Crippen molar-refractivity contribution in [3.05, 3.63) is 36.2 Å². The van der Waals surface area contributed by atoms with Gasteiger partial charge in [-0.05, 0) is 18.2 Å². The summed E-state index contributed by atoms with van der Waals surface area (Å²) in [7, 11) is 0. The minimum absolute atomic E-state index is 0.0516. The van der Waals surface area contributed by atoms with E-state index in [1.54, 1.807) is 12.4 Å². The summed E-state index contributed by atoms with van der Waals surface area (Å²) < 4.78 is 37.1. The highest BCUT2D eigenvalue weighted by Crippen LogP contribution is 2.33. The Morgan fingerprint density at radius 3 is 2.50 bits per heavy atom. The summed E-state index contributed by atoms with van der Waals surface area (Å²) in [5, 5.41) is 1.48. The second-order valence-corrected chi connectivity index (χ2v) is 3.21. The number of hydrazine groups is 2. The van der Waals surface area contributed by atoms with Gasteiger partial charge in [0.15, 0.2) is 0 Å². The third-order valence-electron chi connectivity index (χ3n) is 2.11. The minimum Gasteiger partial charge on any atom is -0.397 e. The third-order valence-corrected chi connectivity index (χ3v) is 2.11. The highest BCUT2D eigenvalue weighted by molar-refractivity contribution is 5.69. The van der Waals surface area contributed by atoms with E-state index < -0.39 is 11.7 Å². The van der Waals surface area contributed by atoms with Gasteiger partial charge in [-0.15, -0.1) is 5.53 Å². The number of alkyl halides is 3. The lowest BCUT2D eigenvalue weighted by Gasteiger charge is -2.18. The molecule has 1 heterocycles. The molecule has 1 aromatic carbocycles. The van der Waals surface area contributed by atoms with Crippen molar-refractivity contribution in [2.45, 2.75) is 6.18 Å². The van der Waals surface area contributed by atoms with Gasteiger partial charge < -0.3 is 11.2 Å². The van der Waals surface area contributed by atoms with Crippen LogP contribution in [0.3, 0.4) is 0 Å². The van der Waals surface area contributed by atoms with Crippen molar-refractivity contribution < 1.29 is 13.2 Å². The lowest BCUT2D eigenvalue weighted by molar-refractivity contribution is -0.137. The van der Waals surface area contributed by atoms with Crippen LogP contribution in [0.15, 0.2) is 30.6 Å². The fraction of sp³-hybridized carbons (Fsp3) is 0.111. The zero-order chi connectivity index (χ0) is 11.8. The molecule has 0 radical (unpaired) electrons. The number of rotatable bonds is 1. The van der Waals surface area contributed by atoms with Crippen LogP contribution in [0.2, 0.25) is 0 Å². The van der Waals surface area contributed by atoms with Crippen LogP contribution in [0, 0.1) is 0 Å². The van der Waals surface area contributed by atoms with Gasteiger partial charge in [-0.2, -0.15) is 13.2 Å². The van der Waals surface area contributed by atoms with Crippen LogP contribution in [-0.2, 0) is 6.18 Å². The molecular formula is C9H9F3N4. The summed E-state index contributed by atoms with van der Waals surface area (Å²) in [6.45, 7) is 0. The van der Waals surface area contributed by atoms with Gasteiger partial charge in [-0.1, -0.05) is 0 Å². The molecule has 7 heteroatoms. The van der Waals surface area contributed by atoms with E-state index in [2.05, 4.69) is 11.0 Å². The van der Waals surface area contributed by atoms with Crippen LogP contribution < -0.4 is 21.7 Å². The van der Waals surface area contributed by atoms with Gasteiger partial charge in [0.05, 0.1) is 16.9 Å². The van der Waals surface area contributed by atoms with Gasteiger partial charge in [0.25, 0.3) is 0 Å². The number of hydrogen-bond donors (Lipinski definition) is 3. The zero-order valence-electron chi connectivity index (χ0n) is 8.05. The van der Waals surface area contributed by atoms with Crippen molar-refractivity contribution in [2.75, 3.05) is 10.7 Å². The second kappa shape index (κ2) is 3.60. The summed E-state index contributed by atoms with van der Waals surface area (Å²) in [5.74, 6) is 0. The molecule has 1 aromatic rings. The maximum absolute atomic E-state index is 12.4. The average Bonchev–Trinajstić information content (AvgIpc) is 2.69. The number of anilines is 2. The molecule has 0 fully saturated rings. The largest absolute Gasteiger partial charge is 0.416 e. The number of nitrogens with two attached hydrogens (primary N) is 1. The van der Waals surface area contributed by atoms with Gasteiger partial charge in [0.2, 0.25) is 0 Å². The molecule has 4 N–H and O–H groups in total. The van der Waals surface area contributed by atoms with Crippen molar-refractivity contribution in [2.24, 2.45) is 0 Å². The Morgan fingerprint density at radius 2 is 2.00 bits per heavy atom. The zero-order valence-corrected chi connectivity index (χ0v) is 8.05. The molecule has 2 rings (SSSR count). The van der Waals surface area contributed by atoms with Crippen LogP contribution >= 0.6 is 0 Å². The third kappa shape index (κ3) is 1.89. The van der Waals surface area contributed by atoms with Crippen molar-refractivity contribution in [1.82, 2.24) is 11.0 Å². The maximum atomic E-state index is 12.4. The summed E-state index contributed by atoms with van der Waals surface area (Å²) in [4.78, 5) is 0. The highest BCUT2D eigenvalue weighted by atomic mass is 19.4. The van der Waals surface area contributed by atoms with Gasteiger partial charge in [-0.3, -0.25) is 5.01 Å². The first kappa shape index (κ1) is 10.6. The lowest BCUT2D eigenvalue weighted by atomic mass is 10.1. The standard InChI is InChI=1S/C9H9F3N4/c10-9(11,12)6-1-2-8(7(13)5-6)16-4-3-14-15-16/h1-5,14-15H,13H2. The number of nitrogen functional groups attached to an aromatic ring is 1. The number of benzene rings is 1. The molecule has 0 amide bonds. The van der Waals surface area contributed by atoms with E-state index in [9.17, 15) is 13.2 Å². The topological polar surface area (TPSA) is 53.3 Å².